The zero-order chi connectivity index (χ0) is 21.4. The summed E-state index contributed by atoms with van der Waals surface area (Å²) < 4.78 is 0. The number of hydrogen-bond donors (Lipinski definition) is 0. The van der Waals surface area contributed by atoms with Gasteiger partial charge in [-0.2, -0.15) is 0 Å². The summed E-state index contributed by atoms with van der Waals surface area (Å²) in [5.41, 5.74) is 3.96. The van der Waals surface area contributed by atoms with Crippen LogP contribution in [0.3, 0.4) is 0 Å². The van der Waals surface area contributed by atoms with Crippen molar-refractivity contribution in [2.24, 2.45) is 0 Å². The molecule has 0 saturated heterocycles. The van der Waals surface area contributed by atoms with Gasteiger partial charge < -0.3 is 19.6 Å². The minimum absolute atomic E-state index is 0.0372. The molecule has 0 aromatic heterocycles. The molecule has 30 heavy (non-hydrogen) atoms. The van der Waals surface area contributed by atoms with Crippen molar-refractivity contribution < 1.29 is 0 Å². The molecule has 0 bridgehead atoms. The van der Waals surface area contributed by atoms with Crippen molar-refractivity contribution in [3.8, 4) is 0 Å². The maximum atomic E-state index is 2.42. The van der Waals surface area contributed by atoms with E-state index in [0.717, 1.165) is 19.9 Å². The van der Waals surface area contributed by atoms with Crippen LogP contribution in [0.15, 0.2) is 79.4 Å². The van der Waals surface area contributed by atoms with Gasteiger partial charge in [0.25, 0.3) is 0 Å². The molecular formula is C26H34N4. The fourth-order valence-electron chi connectivity index (χ4n) is 4.28. The van der Waals surface area contributed by atoms with E-state index in [4.69, 9.17) is 0 Å². The average Bonchev–Trinajstić information content (AvgIpc) is 3.39. The van der Waals surface area contributed by atoms with Gasteiger partial charge in [-0.15, -0.1) is 0 Å². The van der Waals surface area contributed by atoms with E-state index >= 15 is 0 Å². The van der Waals surface area contributed by atoms with Crippen LogP contribution in [0.5, 0.6) is 0 Å². The molecule has 0 fully saturated rings. The van der Waals surface area contributed by atoms with Crippen LogP contribution in [-0.4, -0.2) is 40.0 Å². The highest BCUT2D eigenvalue weighted by atomic mass is 15.4. The molecule has 2 aromatic rings. The molecule has 0 spiro atoms. The molecule has 158 valence electrons. The second kappa shape index (κ2) is 7.75. The third-order valence-corrected chi connectivity index (χ3v) is 6.60. The molecule has 0 amide bonds. The Bertz CT molecular complexity index is 929. The Labute approximate surface area is 181 Å². The SMILES string of the molecule is CN1C=CN(C(C)(C)c2cccc(CN3C=CN(C(C)(C)c4ccccc4)C3)c2)C1. The molecule has 0 aliphatic carbocycles. The first-order valence-corrected chi connectivity index (χ1v) is 10.8. The Kier molecular flexibility index (Phi) is 5.27. The van der Waals surface area contributed by atoms with E-state index in [9.17, 15) is 0 Å². The number of nitrogens with zero attached hydrogens (tertiary/aromatic N) is 4. The minimum Gasteiger partial charge on any atom is -0.362 e. The van der Waals surface area contributed by atoms with Crippen molar-refractivity contribution >= 4 is 0 Å². The lowest BCUT2D eigenvalue weighted by atomic mass is 9.91. The van der Waals surface area contributed by atoms with Gasteiger partial charge in [-0.3, -0.25) is 0 Å². The Morgan fingerprint density at radius 2 is 1.33 bits per heavy atom. The summed E-state index contributed by atoms with van der Waals surface area (Å²) in [4.78, 5) is 9.41. The third kappa shape index (κ3) is 3.91. The largest absolute Gasteiger partial charge is 0.362 e. The monoisotopic (exact) mass is 402 g/mol. The zero-order valence-corrected chi connectivity index (χ0v) is 18.9. The van der Waals surface area contributed by atoms with E-state index in [1.165, 1.54) is 16.7 Å². The van der Waals surface area contributed by atoms with Gasteiger partial charge in [0.1, 0.15) is 0 Å². The lowest BCUT2D eigenvalue weighted by molar-refractivity contribution is 0.143. The molecule has 0 N–H and O–H groups in total. The molecular weight excluding hydrogens is 368 g/mol. The molecule has 0 atom stereocenters. The molecule has 0 unspecified atom stereocenters. The van der Waals surface area contributed by atoms with E-state index < -0.39 is 0 Å². The van der Waals surface area contributed by atoms with Gasteiger partial charge in [0.05, 0.1) is 24.4 Å². The molecule has 2 heterocycles. The summed E-state index contributed by atoms with van der Waals surface area (Å²) in [7, 11) is 2.12. The van der Waals surface area contributed by atoms with Crippen LogP contribution >= 0.6 is 0 Å². The number of hydrogen-bond acceptors (Lipinski definition) is 4. The van der Waals surface area contributed by atoms with Crippen LogP contribution in [0.1, 0.15) is 44.4 Å². The highest BCUT2D eigenvalue weighted by Gasteiger charge is 2.31. The van der Waals surface area contributed by atoms with Crippen LogP contribution in [0, 0.1) is 0 Å². The van der Waals surface area contributed by atoms with E-state index in [1.807, 2.05) is 0 Å². The first-order chi connectivity index (χ1) is 14.3. The summed E-state index contributed by atoms with van der Waals surface area (Å²) in [5, 5.41) is 0. The Morgan fingerprint density at radius 1 is 0.700 bits per heavy atom. The van der Waals surface area contributed by atoms with Gasteiger partial charge in [-0.05, 0) is 44.4 Å². The van der Waals surface area contributed by atoms with Crippen molar-refractivity contribution in [3.63, 3.8) is 0 Å². The first kappa shape index (κ1) is 20.4. The second-order valence-electron chi connectivity index (χ2n) is 9.51. The van der Waals surface area contributed by atoms with Gasteiger partial charge in [0, 0.05) is 38.4 Å². The maximum Gasteiger partial charge on any atom is 0.0905 e. The highest BCUT2D eigenvalue weighted by molar-refractivity contribution is 5.30. The quantitative estimate of drug-likeness (QED) is 0.668. The minimum atomic E-state index is -0.0422. The second-order valence-corrected chi connectivity index (χ2v) is 9.51. The summed E-state index contributed by atoms with van der Waals surface area (Å²) in [6.07, 6.45) is 8.79. The lowest BCUT2D eigenvalue weighted by Crippen LogP contribution is -2.40. The maximum absolute atomic E-state index is 2.42. The van der Waals surface area contributed by atoms with Gasteiger partial charge in [-0.1, -0.05) is 54.6 Å². The van der Waals surface area contributed by atoms with E-state index in [0.29, 0.717) is 0 Å². The number of rotatable bonds is 6. The summed E-state index contributed by atoms with van der Waals surface area (Å²) >= 11 is 0. The number of benzene rings is 2. The molecule has 0 saturated carbocycles. The van der Waals surface area contributed by atoms with Crippen LogP contribution in [-0.2, 0) is 17.6 Å². The van der Waals surface area contributed by atoms with Crippen LogP contribution in [0.4, 0.5) is 0 Å². The molecule has 2 aliphatic rings. The Hall–Kier alpha value is -2.88. The topological polar surface area (TPSA) is 13.0 Å². The Morgan fingerprint density at radius 3 is 2.03 bits per heavy atom. The molecule has 4 rings (SSSR count). The van der Waals surface area contributed by atoms with Crippen molar-refractivity contribution in [1.82, 2.24) is 19.6 Å². The predicted octanol–water partition coefficient (Wildman–Crippen LogP) is 5.08. The van der Waals surface area contributed by atoms with Gasteiger partial charge in [0.15, 0.2) is 0 Å². The average molecular weight is 403 g/mol. The van der Waals surface area contributed by atoms with Crippen molar-refractivity contribution in [2.45, 2.75) is 45.3 Å². The summed E-state index contributed by atoms with van der Waals surface area (Å²) in [5.74, 6) is 0. The zero-order valence-electron chi connectivity index (χ0n) is 18.9. The van der Waals surface area contributed by atoms with E-state index in [1.54, 1.807) is 0 Å². The third-order valence-electron chi connectivity index (χ3n) is 6.60. The normalized spacial score (nSPS) is 16.8. The molecule has 2 aliphatic heterocycles. The van der Waals surface area contributed by atoms with Crippen LogP contribution in [0.25, 0.3) is 0 Å². The van der Waals surface area contributed by atoms with Gasteiger partial charge >= 0.3 is 0 Å². The van der Waals surface area contributed by atoms with Gasteiger partial charge in [-0.25, -0.2) is 0 Å². The molecule has 4 nitrogen and oxygen atoms in total. The molecule has 2 aromatic carbocycles. The van der Waals surface area contributed by atoms with E-state index in [2.05, 4.69) is 134 Å². The van der Waals surface area contributed by atoms with Crippen molar-refractivity contribution in [3.05, 3.63) is 96.1 Å². The van der Waals surface area contributed by atoms with Crippen molar-refractivity contribution in [1.29, 1.82) is 0 Å². The van der Waals surface area contributed by atoms with Crippen LogP contribution < -0.4 is 0 Å². The predicted molar refractivity (Wildman–Crippen MR) is 124 cm³/mol. The van der Waals surface area contributed by atoms with E-state index in [-0.39, 0.29) is 11.1 Å². The standard InChI is InChI=1S/C26H34N4/c1-25(2,23-11-7-6-8-12-23)30-17-15-28(21-30)19-22-10-9-13-24(18-22)26(3,4)29-16-14-27(5)20-29/h6-18H,19-21H2,1-5H3. The first-order valence-electron chi connectivity index (χ1n) is 10.8. The lowest BCUT2D eigenvalue weighted by Gasteiger charge is -2.38. The van der Waals surface area contributed by atoms with Gasteiger partial charge in [0.2, 0.25) is 0 Å². The molecule has 0 radical (unpaired) electrons. The fraction of sp³-hybridized carbons (Fsp3) is 0.385. The molecule has 4 heteroatoms. The smallest absolute Gasteiger partial charge is 0.0905 e. The summed E-state index contributed by atoms with van der Waals surface area (Å²) in [6.45, 7) is 11.9. The van der Waals surface area contributed by atoms with Crippen molar-refractivity contribution in [2.75, 3.05) is 20.4 Å². The fourth-order valence-corrected chi connectivity index (χ4v) is 4.28. The Balaban J connectivity index is 1.44. The summed E-state index contributed by atoms with van der Waals surface area (Å²) in [6, 6.07) is 19.8. The van der Waals surface area contributed by atoms with Crippen LogP contribution in [0.2, 0.25) is 0 Å². The highest BCUT2D eigenvalue weighted by Crippen LogP contribution is 2.33.